The van der Waals surface area contributed by atoms with Crippen LogP contribution in [0.1, 0.15) is 5.56 Å². The maximum Gasteiger partial charge on any atom is 0.370 e. The summed E-state index contributed by atoms with van der Waals surface area (Å²) in [4.78, 5) is 23.5. The van der Waals surface area contributed by atoms with Gasteiger partial charge < -0.3 is 15.3 Å². The van der Waals surface area contributed by atoms with Crippen LogP contribution in [-0.4, -0.2) is 54.6 Å². The fourth-order valence-corrected chi connectivity index (χ4v) is 2.01. The zero-order valence-corrected chi connectivity index (χ0v) is 11.5. The minimum Gasteiger partial charge on any atom is -0.476 e. The molecule has 1 aromatic carbocycles. The Morgan fingerprint density at radius 3 is 2.16 bits per heavy atom. The van der Waals surface area contributed by atoms with E-state index in [0.29, 0.717) is 6.42 Å². The second-order valence-electron chi connectivity index (χ2n) is 5.56. The van der Waals surface area contributed by atoms with Crippen LogP contribution in [0.25, 0.3) is 0 Å². The van der Waals surface area contributed by atoms with E-state index in [-0.39, 0.29) is 4.48 Å². The minimum absolute atomic E-state index is 0.0245. The molecule has 5 nitrogen and oxygen atoms in total. The average Bonchev–Trinajstić information content (AvgIpc) is 2.27. The minimum atomic E-state index is -1.14. The van der Waals surface area contributed by atoms with Crippen molar-refractivity contribution in [2.45, 2.75) is 18.5 Å². The summed E-state index contributed by atoms with van der Waals surface area (Å²) >= 11 is 0. The predicted molar refractivity (Wildman–Crippen MR) is 72.6 cm³/mol. The van der Waals surface area contributed by atoms with E-state index in [0.717, 1.165) is 5.56 Å². The Hall–Kier alpha value is -1.72. The highest BCUT2D eigenvalue weighted by Crippen LogP contribution is 2.10. The molecule has 0 bridgehead atoms. The van der Waals surface area contributed by atoms with E-state index in [9.17, 15) is 14.7 Å². The van der Waals surface area contributed by atoms with Gasteiger partial charge in [-0.15, -0.1) is 0 Å². The molecule has 0 saturated carbocycles. The fourth-order valence-electron chi connectivity index (χ4n) is 2.01. The van der Waals surface area contributed by atoms with Gasteiger partial charge in [-0.2, -0.15) is 0 Å². The molecule has 19 heavy (non-hydrogen) atoms. The molecule has 0 spiro atoms. The lowest BCUT2D eigenvalue weighted by Gasteiger charge is -2.31. The molecule has 0 aromatic heterocycles. The third kappa shape index (κ3) is 4.15. The first-order valence-electron chi connectivity index (χ1n) is 6.10. The maximum absolute atomic E-state index is 12.2. The van der Waals surface area contributed by atoms with Gasteiger partial charge in [-0.25, -0.2) is 4.79 Å². The summed E-state index contributed by atoms with van der Waals surface area (Å²) < 4.78 is 0.0245. The second-order valence-corrected chi connectivity index (χ2v) is 5.56. The van der Waals surface area contributed by atoms with Crippen molar-refractivity contribution >= 4 is 11.8 Å². The first-order valence-corrected chi connectivity index (χ1v) is 6.10. The molecule has 2 atom stereocenters. The molecule has 0 amide bonds. The third-order valence-corrected chi connectivity index (χ3v) is 2.94. The van der Waals surface area contributed by atoms with E-state index in [1.54, 1.807) is 21.1 Å². The lowest BCUT2D eigenvalue weighted by atomic mass is 9.97. The standard InChI is InChI=1S/C14H20N2O3/c1-16(2,3)12(14(18)19)13(17)11(15)9-10-7-5-4-6-8-10/h4-8,11-12H,9,15H2,1-3H3/p+1. The zero-order valence-electron chi connectivity index (χ0n) is 11.5. The van der Waals surface area contributed by atoms with Crippen molar-refractivity contribution in [1.29, 1.82) is 0 Å². The van der Waals surface area contributed by atoms with E-state index in [2.05, 4.69) is 0 Å². The number of aliphatic carboxylic acids is 1. The molecule has 0 heterocycles. The normalized spacial score (nSPS) is 14.7. The van der Waals surface area contributed by atoms with Gasteiger partial charge in [-0.1, -0.05) is 30.3 Å². The van der Waals surface area contributed by atoms with Gasteiger partial charge in [0.05, 0.1) is 27.2 Å². The molecular formula is C14H21N2O3+. The van der Waals surface area contributed by atoms with E-state index >= 15 is 0 Å². The Bertz CT molecular complexity index is 452. The quantitative estimate of drug-likeness (QED) is 0.572. The van der Waals surface area contributed by atoms with Crippen LogP contribution in [0.4, 0.5) is 0 Å². The largest absolute Gasteiger partial charge is 0.476 e. The van der Waals surface area contributed by atoms with E-state index in [1.165, 1.54) is 0 Å². The number of nitrogens with two attached hydrogens (primary N) is 1. The van der Waals surface area contributed by atoms with Crippen molar-refractivity contribution in [3.63, 3.8) is 0 Å². The first kappa shape index (κ1) is 15.3. The number of carboxylic acids is 1. The van der Waals surface area contributed by atoms with Gasteiger partial charge in [0.2, 0.25) is 11.8 Å². The van der Waals surface area contributed by atoms with E-state index in [1.807, 2.05) is 30.3 Å². The third-order valence-electron chi connectivity index (χ3n) is 2.94. The van der Waals surface area contributed by atoms with Gasteiger partial charge in [0.1, 0.15) is 0 Å². The van der Waals surface area contributed by atoms with Gasteiger partial charge in [0, 0.05) is 0 Å². The van der Waals surface area contributed by atoms with Crippen LogP contribution in [0, 0.1) is 0 Å². The lowest BCUT2D eigenvalue weighted by molar-refractivity contribution is -0.878. The molecule has 1 aromatic rings. The molecule has 0 aliphatic heterocycles. The van der Waals surface area contributed by atoms with Crippen LogP contribution < -0.4 is 5.73 Å². The summed E-state index contributed by atoms with van der Waals surface area (Å²) in [5, 5.41) is 9.20. The number of likely N-dealkylation sites (N-methyl/N-ethyl adjacent to an activating group) is 1. The molecule has 0 aliphatic rings. The summed E-state index contributed by atoms with van der Waals surface area (Å²) in [6, 6.07) is 7.40. The van der Waals surface area contributed by atoms with Crippen molar-refractivity contribution in [2.75, 3.05) is 21.1 Å². The van der Waals surface area contributed by atoms with Gasteiger partial charge in [0.25, 0.3) is 0 Å². The number of hydrogen-bond acceptors (Lipinski definition) is 3. The summed E-state index contributed by atoms with van der Waals surface area (Å²) in [5.41, 5.74) is 6.79. The van der Waals surface area contributed by atoms with Crippen molar-refractivity contribution in [3.05, 3.63) is 35.9 Å². The van der Waals surface area contributed by atoms with Crippen molar-refractivity contribution < 1.29 is 19.2 Å². The Morgan fingerprint density at radius 2 is 1.74 bits per heavy atom. The smallest absolute Gasteiger partial charge is 0.370 e. The predicted octanol–water partition coefficient (Wildman–Crippen LogP) is 0.285. The lowest BCUT2D eigenvalue weighted by Crippen LogP contribution is -2.58. The number of carboxylic acid groups (broad SMARTS) is 1. The Balaban J connectivity index is 2.83. The SMILES string of the molecule is C[N+](C)(C)C(C(=O)O)C(=O)C(N)Cc1ccccc1. The Labute approximate surface area is 113 Å². The number of rotatable bonds is 6. The molecule has 2 unspecified atom stereocenters. The van der Waals surface area contributed by atoms with Crippen molar-refractivity contribution in [1.82, 2.24) is 0 Å². The Kier molecular flexibility index (Phi) is 4.80. The number of carbonyl (C=O) groups is 2. The first-order chi connectivity index (χ1) is 8.73. The molecule has 0 saturated heterocycles. The number of nitrogens with zero attached hydrogens (tertiary/aromatic N) is 1. The van der Waals surface area contributed by atoms with E-state index < -0.39 is 23.8 Å². The van der Waals surface area contributed by atoms with Crippen LogP contribution in [0.3, 0.4) is 0 Å². The van der Waals surface area contributed by atoms with Crippen LogP contribution >= 0.6 is 0 Å². The molecule has 0 aliphatic carbocycles. The number of ketones is 1. The topological polar surface area (TPSA) is 80.4 Å². The summed E-state index contributed by atoms with van der Waals surface area (Å²) in [6.07, 6.45) is 0.351. The summed E-state index contributed by atoms with van der Waals surface area (Å²) in [6.45, 7) is 0. The van der Waals surface area contributed by atoms with Gasteiger partial charge >= 0.3 is 5.97 Å². The van der Waals surface area contributed by atoms with E-state index in [4.69, 9.17) is 5.73 Å². The summed E-state index contributed by atoms with van der Waals surface area (Å²) in [5.74, 6) is -1.58. The molecule has 1 rings (SSSR count). The molecule has 5 heteroatoms. The molecule has 3 N–H and O–H groups in total. The highest BCUT2D eigenvalue weighted by atomic mass is 16.4. The Morgan fingerprint density at radius 1 is 1.21 bits per heavy atom. The van der Waals surface area contributed by atoms with Gasteiger partial charge in [-0.05, 0) is 12.0 Å². The number of hydrogen-bond donors (Lipinski definition) is 2. The number of carbonyl (C=O) groups excluding carboxylic acids is 1. The monoisotopic (exact) mass is 265 g/mol. The van der Waals surface area contributed by atoms with Crippen LogP contribution in [0.2, 0.25) is 0 Å². The average molecular weight is 265 g/mol. The van der Waals surface area contributed by atoms with Crippen LogP contribution in [0.5, 0.6) is 0 Å². The highest BCUT2D eigenvalue weighted by Gasteiger charge is 2.41. The number of quaternary nitrogens is 1. The summed E-state index contributed by atoms with van der Waals surface area (Å²) in [7, 11) is 5.02. The van der Waals surface area contributed by atoms with Gasteiger partial charge in [0.15, 0.2) is 0 Å². The second kappa shape index (κ2) is 5.95. The highest BCUT2D eigenvalue weighted by molar-refractivity contribution is 6.03. The maximum atomic E-state index is 12.2. The molecule has 104 valence electrons. The number of benzene rings is 1. The van der Waals surface area contributed by atoms with Crippen LogP contribution in [-0.2, 0) is 16.0 Å². The van der Waals surface area contributed by atoms with Crippen molar-refractivity contribution in [2.24, 2.45) is 5.73 Å². The fraction of sp³-hybridized carbons (Fsp3) is 0.429. The molecular weight excluding hydrogens is 244 g/mol. The molecule has 0 radical (unpaired) electrons. The zero-order chi connectivity index (χ0) is 14.6. The molecule has 0 fully saturated rings. The van der Waals surface area contributed by atoms with Crippen molar-refractivity contribution in [3.8, 4) is 0 Å². The van der Waals surface area contributed by atoms with Gasteiger partial charge in [-0.3, -0.25) is 4.79 Å². The van der Waals surface area contributed by atoms with Crippen LogP contribution in [0.15, 0.2) is 30.3 Å². The number of Topliss-reactive ketones (excluding diaryl/α,β-unsaturated/α-hetero) is 1.